The van der Waals surface area contributed by atoms with Crippen LogP contribution in [0.25, 0.3) is 0 Å². The Morgan fingerprint density at radius 2 is 1.31 bits per heavy atom. The van der Waals surface area contributed by atoms with Gasteiger partial charge in [-0.1, -0.05) is 23.2 Å². The molecule has 0 aliphatic carbocycles. The average Bonchev–Trinajstić information content (AvgIpc) is 2.81. The Kier molecular flexibility index (Phi) is 11.1. The first-order chi connectivity index (χ1) is 16.8. The summed E-state index contributed by atoms with van der Waals surface area (Å²) >= 11 is 12.7. The van der Waals surface area contributed by atoms with Crippen molar-refractivity contribution in [3.63, 3.8) is 0 Å². The Labute approximate surface area is 214 Å². The molecular formula is C24H29Cl2N3O6. The van der Waals surface area contributed by atoms with Crippen LogP contribution in [0.5, 0.6) is 23.0 Å². The predicted molar refractivity (Wildman–Crippen MR) is 135 cm³/mol. The molecule has 0 bridgehead atoms. The largest absolute Gasteiger partial charge is 0.492 e. The molecule has 1 N–H and O–H groups in total. The third-order valence-electron chi connectivity index (χ3n) is 4.43. The molecule has 1 atom stereocenters. The molecule has 0 aliphatic heterocycles. The third kappa shape index (κ3) is 7.47. The number of benzene rings is 2. The summed E-state index contributed by atoms with van der Waals surface area (Å²) < 4.78 is 22.1. The average molecular weight is 526 g/mol. The van der Waals surface area contributed by atoms with Gasteiger partial charge in [0.05, 0.1) is 32.1 Å². The standard InChI is InChI=1S/C24H29Cl2N3O6/c1-6-32-16-10-11-17(33-7-2)23(21(16)26)27-24(31)22(14(5)30)29-28-15-12-18(34-8-3)20(25)19(13-15)35-9-4/h10-13,22H,6-9H2,1-5H3,(H,27,31). The van der Waals surface area contributed by atoms with Crippen molar-refractivity contribution in [3.8, 4) is 23.0 Å². The summed E-state index contributed by atoms with van der Waals surface area (Å²) in [6.45, 7) is 9.91. The lowest BCUT2D eigenvalue weighted by molar-refractivity contribution is -0.126. The van der Waals surface area contributed by atoms with Gasteiger partial charge in [0.15, 0.2) is 5.78 Å². The summed E-state index contributed by atoms with van der Waals surface area (Å²) in [7, 11) is 0. The number of anilines is 1. The fourth-order valence-electron chi connectivity index (χ4n) is 2.97. The number of hydrogen-bond acceptors (Lipinski definition) is 8. The Balaban J connectivity index is 2.38. The molecule has 0 saturated heterocycles. The minimum absolute atomic E-state index is 0.144. The highest BCUT2D eigenvalue weighted by molar-refractivity contribution is 6.36. The number of rotatable bonds is 13. The molecule has 0 radical (unpaired) electrons. The van der Waals surface area contributed by atoms with E-state index in [0.717, 1.165) is 0 Å². The Hall–Kier alpha value is -3.04. The number of Topliss-reactive ketones (excluding diaryl/α,β-unsaturated/α-hetero) is 1. The van der Waals surface area contributed by atoms with Crippen LogP contribution in [0, 0.1) is 0 Å². The van der Waals surface area contributed by atoms with Crippen LogP contribution in [0.4, 0.5) is 11.4 Å². The van der Waals surface area contributed by atoms with Crippen molar-refractivity contribution in [1.29, 1.82) is 0 Å². The fraction of sp³-hybridized carbons (Fsp3) is 0.417. The van der Waals surface area contributed by atoms with Crippen LogP contribution in [-0.4, -0.2) is 44.2 Å². The van der Waals surface area contributed by atoms with Gasteiger partial charge in [-0.25, -0.2) is 0 Å². The zero-order valence-corrected chi connectivity index (χ0v) is 21.8. The van der Waals surface area contributed by atoms with Gasteiger partial charge in [0.2, 0.25) is 6.04 Å². The monoisotopic (exact) mass is 525 g/mol. The van der Waals surface area contributed by atoms with Crippen LogP contribution in [-0.2, 0) is 9.59 Å². The van der Waals surface area contributed by atoms with E-state index < -0.39 is 17.7 Å². The predicted octanol–water partition coefficient (Wildman–Crippen LogP) is 6.27. The molecule has 2 aromatic rings. The zero-order valence-electron chi connectivity index (χ0n) is 20.3. The number of halogens is 2. The van der Waals surface area contributed by atoms with Crippen molar-refractivity contribution in [2.24, 2.45) is 10.2 Å². The molecule has 11 heteroatoms. The Morgan fingerprint density at radius 1 is 0.829 bits per heavy atom. The molecule has 0 saturated carbocycles. The van der Waals surface area contributed by atoms with Crippen molar-refractivity contribution in [3.05, 3.63) is 34.3 Å². The number of hydrogen-bond donors (Lipinski definition) is 1. The number of carbonyl (C=O) groups is 2. The van der Waals surface area contributed by atoms with Gasteiger partial charge in [-0.05, 0) is 46.8 Å². The minimum Gasteiger partial charge on any atom is -0.492 e. The summed E-state index contributed by atoms with van der Waals surface area (Å²) in [4.78, 5) is 25.3. The highest BCUT2D eigenvalue weighted by Crippen LogP contribution is 2.40. The second-order valence-corrected chi connectivity index (χ2v) is 7.71. The maximum atomic E-state index is 13.0. The first kappa shape index (κ1) is 28.2. The van der Waals surface area contributed by atoms with Gasteiger partial charge in [0.25, 0.3) is 5.91 Å². The summed E-state index contributed by atoms with van der Waals surface area (Å²) in [5, 5.41) is 11.1. The third-order valence-corrected chi connectivity index (χ3v) is 5.18. The van der Waals surface area contributed by atoms with Crippen LogP contribution in [0.15, 0.2) is 34.5 Å². The Morgan fingerprint density at radius 3 is 1.83 bits per heavy atom. The maximum Gasteiger partial charge on any atom is 0.258 e. The van der Waals surface area contributed by atoms with Crippen molar-refractivity contribution >= 4 is 46.3 Å². The normalized spacial score (nSPS) is 11.7. The van der Waals surface area contributed by atoms with Crippen molar-refractivity contribution in [2.45, 2.75) is 40.7 Å². The summed E-state index contributed by atoms with van der Waals surface area (Å²) in [6.07, 6.45) is 0. The Bertz CT molecular complexity index is 1050. The second-order valence-electron chi connectivity index (χ2n) is 6.96. The van der Waals surface area contributed by atoms with Crippen molar-refractivity contribution < 1.29 is 28.5 Å². The summed E-state index contributed by atoms with van der Waals surface area (Å²) in [6, 6.07) is 4.91. The smallest absolute Gasteiger partial charge is 0.258 e. The van der Waals surface area contributed by atoms with Gasteiger partial charge in [0.1, 0.15) is 38.7 Å². The molecule has 0 spiro atoms. The zero-order chi connectivity index (χ0) is 26.0. The molecule has 0 fully saturated rings. The number of ketones is 1. The number of nitrogens with one attached hydrogen (secondary N) is 1. The molecule has 35 heavy (non-hydrogen) atoms. The molecule has 9 nitrogen and oxygen atoms in total. The molecule has 190 valence electrons. The van der Waals surface area contributed by atoms with Crippen molar-refractivity contribution in [2.75, 3.05) is 31.7 Å². The highest BCUT2D eigenvalue weighted by atomic mass is 35.5. The van der Waals surface area contributed by atoms with Gasteiger partial charge in [-0.15, -0.1) is 0 Å². The van der Waals surface area contributed by atoms with Crippen molar-refractivity contribution in [1.82, 2.24) is 0 Å². The number of carbonyl (C=O) groups excluding carboxylic acids is 2. The number of nitrogens with zero attached hydrogens (tertiary/aromatic N) is 2. The topological polar surface area (TPSA) is 108 Å². The fourth-order valence-corrected chi connectivity index (χ4v) is 3.45. The first-order valence-electron chi connectivity index (χ1n) is 11.2. The van der Waals surface area contributed by atoms with E-state index in [0.29, 0.717) is 60.1 Å². The lowest BCUT2D eigenvalue weighted by atomic mass is 10.2. The maximum absolute atomic E-state index is 13.0. The van der Waals surface area contributed by atoms with E-state index in [4.69, 9.17) is 42.1 Å². The molecule has 0 aromatic heterocycles. The molecular weight excluding hydrogens is 497 g/mol. The van der Waals surface area contributed by atoms with E-state index in [1.54, 1.807) is 31.2 Å². The lowest BCUT2D eigenvalue weighted by Gasteiger charge is -2.17. The van der Waals surface area contributed by atoms with Crippen LogP contribution in [0.1, 0.15) is 34.6 Å². The molecule has 0 aliphatic rings. The van der Waals surface area contributed by atoms with Gasteiger partial charge < -0.3 is 24.3 Å². The quantitative estimate of drug-likeness (QED) is 0.244. The van der Waals surface area contributed by atoms with Gasteiger partial charge in [-0.3, -0.25) is 9.59 Å². The number of azo groups is 1. The second kappa shape index (κ2) is 13.7. The summed E-state index contributed by atoms with van der Waals surface area (Å²) in [5.41, 5.74) is 0.474. The van der Waals surface area contributed by atoms with E-state index in [2.05, 4.69) is 15.5 Å². The van der Waals surface area contributed by atoms with E-state index in [1.807, 2.05) is 20.8 Å². The first-order valence-corrected chi connectivity index (χ1v) is 11.9. The van der Waals surface area contributed by atoms with E-state index in [1.165, 1.54) is 6.92 Å². The van der Waals surface area contributed by atoms with E-state index >= 15 is 0 Å². The van der Waals surface area contributed by atoms with Crippen LogP contribution in [0.3, 0.4) is 0 Å². The molecule has 0 heterocycles. The molecule has 2 rings (SSSR count). The van der Waals surface area contributed by atoms with Gasteiger partial charge in [0, 0.05) is 12.1 Å². The molecule has 2 aromatic carbocycles. The van der Waals surface area contributed by atoms with Crippen LogP contribution >= 0.6 is 23.2 Å². The molecule has 1 unspecified atom stereocenters. The van der Waals surface area contributed by atoms with E-state index in [9.17, 15) is 9.59 Å². The van der Waals surface area contributed by atoms with Gasteiger partial charge in [-0.2, -0.15) is 10.2 Å². The highest BCUT2D eigenvalue weighted by Gasteiger charge is 2.26. The number of amides is 1. The summed E-state index contributed by atoms with van der Waals surface area (Å²) in [5.74, 6) is 0.126. The van der Waals surface area contributed by atoms with Crippen LogP contribution in [0.2, 0.25) is 10.0 Å². The molecule has 1 amide bonds. The SMILES string of the molecule is CCOc1cc(N=NC(C(C)=O)C(=O)Nc2c(OCC)ccc(OCC)c2Cl)cc(OCC)c1Cl. The number of ether oxygens (including phenoxy) is 4. The van der Waals surface area contributed by atoms with Crippen LogP contribution < -0.4 is 24.3 Å². The van der Waals surface area contributed by atoms with Gasteiger partial charge >= 0.3 is 0 Å². The minimum atomic E-state index is -1.45. The lowest BCUT2D eigenvalue weighted by Crippen LogP contribution is -2.32. The van der Waals surface area contributed by atoms with E-state index in [-0.39, 0.29) is 10.7 Å².